The molecule has 7 heteroatoms. The molecule has 1 heterocycles. The summed E-state index contributed by atoms with van der Waals surface area (Å²) in [5, 5.41) is 11.4. The number of carbonyl (C=O) groups excluding carboxylic acids is 2. The highest BCUT2D eigenvalue weighted by molar-refractivity contribution is 6.30. The minimum Gasteiger partial charge on any atom is -0.469 e. The quantitative estimate of drug-likeness (QED) is 0.542. The lowest BCUT2D eigenvalue weighted by atomic mass is 9.67. The van der Waals surface area contributed by atoms with Crippen molar-refractivity contribution in [1.29, 1.82) is 0 Å². The highest BCUT2D eigenvalue weighted by Crippen LogP contribution is 2.52. The number of methoxy groups -OCH3 is 1. The van der Waals surface area contributed by atoms with Gasteiger partial charge < -0.3 is 14.7 Å². The maximum atomic E-state index is 13.9. The van der Waals surface area contributed by atoms with Crippen molar-refractivity contribution in [3.05, 3.63) is 69.7 Å². The predicted octanol–water partition coefficient (Wildman–Crippen LogP) is 5.39. The van der Waals surface area contributed by atoms with Crippen molar-refractivity contribution >= 4 is 35.1 Å². The van der Waals surface area contributed by atoms with Crippen molar-refractivity contribution < 1.29 is 19.4 Å². The first-order valence-electron chi connectivity index (χ1n) is 10.8. The molecule has 0 bridgehead atoms. The largest absolute Gasteiger partial charge is 0.469 e. The smallest absolute Gasteiger partial charge is 0.306 e. The number of esters is 1. The van der Waals surface area contributed by atoms with Crippen LogP contribution in [0.25, 0.3) is 0 Å². The van der Waals surface area contributed by atoms with Crippen molar-refractivity contribution in [1.82, 2.24) is 4.90 Å². The third-order valence-electron chi connectivity index (χ3n) is 6.43. The van der Waals surface area contributed by atoms with E-state index in [0.29, 0.717) is 22.9 Å². The second-order valence-corrected chi connectivity index (χ2v) is 9.51. The van der Waals surface area contributed by atoms with E-state index in [1.54, 1.807) is 24.0 Å². The Morgan fingerprint density at radius 2 is 1.88 bits per heavy atom. The second kappa shape index (κ2) is 10.2. The Morgan fingerprint density at radius 1 is 1.19 bits per heavy atom. The van der Waals surface area contributed by atoms with E-state index in [9.17, 15) is 14.7 Å². The fraction of sp³-hybridized carbons (Fsp3) is 0.440. The zero-order valence-electron chi connectivity index (χ0n) is 18.6. The summed E-state index contributed by atoms with van der Waals surface area (Å²) in [7, 11) is 1.32. The molecule has 1 aliphatic heterocycles. The van der Waals surface area contributed by atoms with Gasteiger partial charge in [0.25, 0.3) is 0 Å². The topological polar surface area (TPSA) is 66.8 Å². The van der Waals surface area contributed by atoms with Crippen molar-refractivity contribution in [3.63, 3.8) is 0 Å². The van der Waals surface area contributed by atoms with Crippen LogP contribution in [0.15, 0.2) is 48.5 Å². The minimum atomic E-state index is -0.981. The number of rotatable bonds is 7. The molecule has 1 N–H and O–H groups in total. The highest BCUT2D eigenvalue weighted by Gasteiger charge is 2.52. The van der Waals surface area contributed by atoms with Gasteiger partial charge in [0.2, 0.25) is 5.91 Å². The van der Waals surface area contributed by atoms with Crippen LogP contribution in [0.5, 0.6) is 0 Å². The van der Waals surface area contributed by atoms with Gasteiger partial charge in [-0.1, -0.05) is 61.3 Å². The molecule has 0 radical (unpaired) electrons. The SMILES string of the molecule is CCC(CO)N1C(=O)[C@@](C)(CC(=O)OC)C[C@H](c2cccc(Cl)c2)[C@H]1c1ccc(Cl)cc1. The molecule has 1 amide bonds. The van der Waals surface area contributed by atoms with Gasteiger partial charge in [0, 0.05) is 16.0 Å². The molecule has 5 nitrogen and oxygen atoms in total. The molecule has 172 valence electrons. The molecule has 2 aromatic carbocycles. The average Bonchev–Trinajstić information content (AvgIpc) is 2.78. The van der Waals surface area contributed by atoms with Crippen molar-refractivity contribution in [2.45, 2.75) is 51.1 Å². The van der Waals surface area contributed by atoms with Gasteiger partial charge in [-0.15, -0.1) is 0 Å². The number of likely N-dealkylation sites (tertiary alicyclic amines) is 1. The van der Waals surface area contributed by atoms with Gasteiger partial charge in [-0.05, 0) is 48.2 Å². The van der Waals surface area contributed by atoms with E-state index in [-0.39, 0.29) is 30.9 Å². The third kappa shape index (κ3) is 4.95. The van der Waals surface area contributed by atoms with Crippen LogP contribution in [0.2, 0.25) is 10.0 Å². The summed E-state index contributed by atoms with van der Waals surface area (Å²) in [6.07, 6.45) is 0.973. The summed E-state index contributed by atoms with van der Waals surface area (Å²) in [6.45, 7) is 3.57. The third-order valence-corrected chi connectivity index (χ3v) is 6.92. The molecular formula is C25H29Cl2NO4. The van der Waals surface area contributed by atoms with Crippen LogP contribution in [0.4, 0.5) is 0 Å². The molecule has 2 aromatic rings. The molecule has 1 unspecified atom stereocenters. The normalized spacial score (nSPS) is 24.3. The summed E-state index contributed by atoms with van der Waals surface area (Å²) < 4.78 is 4.90. The summed E-state index contributed by atoms with van der Waals surface area (Å²) >= 11 is 12.5. The molecule has 3 rings (SSSR count). The number of hydrogen-bond donors (Lipinski definition) is 1. The molecule has 0 aliphatic carbocycles. The predicted molar refractivity (Wildman–Crippen MR) is 126 cm³/mol. The van der Waals surface area contributed by atoms with Gasteiger partial charge in [-0.2, -0.15) is 0 Å². The van der Waals surface area contributed by atoms with E-state index in [4.69, 9.17) is 27.9 Å². The van der Waals surface area contributed by atoms with Gasteiger partial charge in [-0.3, -0.25) is 9.59 Å². The summed E-state index contributed by atoms with van der Waals surface area (Å²) in [4.78, 5) is 27.9. The fourth-order valence-electron chi connectivity index (χ4n) is 4.75. The Hall–Kier alpha value is -2.08. The number of aliphatic hydroxyl groups is 1. The van der Waals surface area contributed by atoms with Gasteiger partial charge in [0.05, 0.1) is 37.6 Å². The lowest BCUT2D eigenvalue weighted by Crippen LogP contribution is -2.56. The lowest BCUT2D eigenvalue weighted by Gasteiger charge is -2.51. The first kappa shape index (κ1) is 24.6. The number of benzene rings is 2. The summed E-state index contributed by atoms with van der Waals surface area (Å²) in [6, 6.07) is 14.3. The Labute approximate surface area is 199 Å². The zero-order valence-corrected chi connectivity index (χ0v) is 20.1. The van der Waals surface area contributed by atoms with Gasteiger partial charge >= 0.3 is 5.97 Å². The minimum absolute atomic E-state index is 0.0366. The molecule has 1 saturated heterocycles. The standard InChI is InChI=1S/C25H29Cl2NO4/c1-4-20(15-29)28-23(16-8-10-18(26)11-9-16)21(17-6-5-7-19(27)12-17)13-25(2,24(28)31)14-22(30)32-3/h5-12,20-21,23,29H,4,13-15H2,1-3H3/t20?,21-,23-,25-/m1/s1. The van der Waals surface area contributed by atoms with E-state index in [1.807, 2.05) is 43.3 Å². The van der Waals surface area contributed by atoms with Gasteiger partial charge in [0.15, 0.2) is 0 Å². The molecular weight excluding hydrogens is 449 g/mol. The molecule has 32 heavy (non-hydrogen) atoms. The Morgan fingerprint density at radius 3 is 2.44 bits per heavy atom. The number of ether oxygens (including phenoxy) is 1. The lowest BCUT2D eigenvalue weighted by molar-refractivity contribution is -0.162. The van der Waals surface area contributed by atoms with Crippen LogP contribution in [-0.2, 0) is 14.3 Å². The van der Waals surface area contributed by atoms with Crippen molar-refractivity contribution in [2.75, 3.05) is 13.7 Å². The zero-order chi connectivity index (χ0) is 23.5. The fourth-order valence-corrected chi connectivity index (χ4v) is 5.08. The van der Waals surface area contributed by atoms with Crippen molar-refractivity contribution in [2.24, 2.45) is 5.41 Å². The number of aliphatic hydroxyl groups excluding tert-OH is 1. The number of piperidine rings is 1. The van der Waals surface area contributed by atoms with E-state index >= 15 is 0 Å². The molecule has 0 aromatic heterocycles. The first-order valence-corrected chi connectivity index (χ1v) is 11.5. The second-order valence-electron chi connectivity index (χ2n) is 8.63. The van der Waals surface area contributed by atoms with Gasteiger partial charge in [-0.25, -0.2) is 0 Å². The summed E-state index contributed by atoms with van der Waals surface area (Å²) in [5.41, 5.74) is 0.907. The first-order chi connectivity index (χ1) is 15.2. The van der Waals surface area contributed by atoms with E-state index in [0.717, 1.165) is 11.1 Å². The van der Waals surface area contributed by atoms with Crippen LogP contribution >= 0.6 is 23.2 Å². The van der Waals surface area contributed by atoms with Crippen LogP contribution in [0.1, 0.15) is 56.2 Å². The average molecular weight is 478 g/mol. The highest BCUT2D eigenvalue weighted by atomic mass is 35.5. The molecule has 1 fully saturated rings. The number of amides is 1. The number of nitrogens with zero attached hydrogens (tertiary/aromatic N) is 1. The molecule has 0 saturated carbocycles. The Kier molecular flexibility index (Phi) is 7.86. The van der Waals surface area contributed by atoms with Crippen LogP contribution in [0, 0.1) is 5.41 Å². The van der Waals surface area contributed by atoms with Crippen LogP contribution in [-0.4, -0.2) is 41.6 Å². The van der Waals surface area contributed by atoms with E-state index in [1.165, 1.54) is 7.11 Å². The number of halogens is 2. The van der Waals surface area contributed by atoms with Crippen LogP contribution in [0.3, 0.4) is 0 Å². The molecule has 4 atom stereocenters. The van der Waals surface area contributed by atoms with E-state index < -0.39 is 17.4 Å². The Bertz CT molecular complexity index is 961. The van der Waals surface area contributed by atoms with Gasteiger partial charge in [0.1, 0.15) is 0 Å². The maximum Gasteiger partial charge on any atom is 0.306 e. The molecule has 1 aliphatic rings. The number of hydrogen-bond acceptors (Lipinski definition) is 4. The maximum absolute atomic E-state index is 13.9. The monoisotopic (exact) mass is 477 g/mol. The molecule has 0 spiro atoms. The van der Waals surface area contributed by atoms with E-state index in [2.05, 4.69) is 0 Å². The van der Waals surface area contributed by atoms with Crippen molar-refractivity contribution in [3.8, 4) is 0 Å². The van der Waals surface area contributed by atoms with Crippen LogP contribution < -0.4 is 0 Å². The summed E-state index contributed by atoms with van der Waals surface area (Å²) in [5.74, 6) is -0.752. The number of carbonyl (C=O) groups is 2. The Balaban J connectivity index is 2.21.